The fraction of sp³-hybridized carbons (Fsp3) is 0.133. The lowest BCUT2D eigenvalue weighted by Crippen LogP contribution is -2.07. The number of halogens is 2. The minimum Gasteiger partial charge on any atom is -0.356 e. The van der Waals surface area contributed by atoms with Gasteiger partial charge in [-0.2, -0.15) is 0 Å². The molecule has 4 heteroatoms. The molecular weight excluding hydrogens is 283 g/mol. The predicted octanol–water partition coefficient (Wildman–Crippen LogP) is 4.32. The number of benzene rings is 2. The number of epoxide rings is 1. The largest absolute Gasteiger partial charge is 0.356 e. The molecule has 1 heterocycles. The van der Waals surface area contributed by atoms with Crippen molar-refractivity contribution in [1.29, 1.82) is 0 Å². The number of Topliss-reactive ketones (excluding diaryl/α,β-unsaturated/α-hetero) is 1. The van der Waals surface area contributed by atoms with Gasteiger partial charge in [0.05, 0.1) is 0 Å². The van der Waals surface area contributed by atoms with Crippen LogP contribution in [0.25, 0.3) is 0 Å². The van der Waals surface area contributed by atoms with E-state index in [9.17, 15) is 4.79 Å². The Morgan fingerprint density at radius 3 is 2.00 bits per heavy atom. The standard InChI is InChI=1S/C15H10Cl2O2/c16-11-5-1-9(2-6-11)13(18)15-14(19-15)10-3-7-12(17)8-4-10/h1-8,14-15H. The molecule has 96 valence electrons. The molecule has 0 aromatic heterocycles. The van der Waals surface area contributed by atoms with E-state index >= 15 is 0 Å². The van der Waals surface area contributed by atoms with Crippen LogP contribution in [-0.4, -0.2) is 11.9 Å². The maximum atomic E-state index is 12.2. The van der Waals surface area contributed by atoms with Crippen LogP contribution in [0.5, 0.6) is 0 Å². The second-order valence-electron chi connectivity index (χ2n) is 4.40. The van der Waals surface area contributed by atoms with E-state index in [1.165, 1.54) is 0 Å². The molecule has 2 aromatic rings. The van der Waals surface area contributed by atoms with Crippen molar-refractivity contribution < 1.29 is 9.53 Å². The van der Waals surface area contributed by atoms with Crippen LogP contribution in [0.4, 0.5) is 0 Å². The fourth-order valence-corrected chi connectivity index (χ4v) is 2.25. The topological polar surface area (TPSA) is 29.6 Å². The van der Waals surface area contributed by atoms with Crippen molar-refractivity contribution in [1.82, 2.24) is 0 Å². The van der Waals surface area contributed by atoms with Crippen molar-refractivity contribution in [2.75, 3.05) is 0 Å². The van der Waals surface area contributed by atoms with Crippen molar-refractivity contribution in [3.63, 3.8) is 0 Å². The van der Waals surface area contributed by atoms with Crippen LogP contribution in [0.3, 0.4) is 0 Å². The minimum absolute atomic E-state index is 0.0170. The molecule has 0 spiro atoms. The number of hydrogen-bond donors (Lipinski definition) is 0. The third-order valence-electron chi connectivity index (χ3n) is 3.08. The number of ether oxygens (including phenoxy) is 1. The zero-order valence-corrected chi connectivity index (χ0v) is 11.4. The van der Waals surface area contributed by atoms with Crippen LogP contribution in [-0.2, 0) is 4.74 Å². The summed E-state index contributed by atoms with van der Waals surface area (Å²) in [5.41, 5.74) is 1.59. The molecule has 0 aliphatic carbocycles. The fourth-order valence-electron chi connectivity index (χ4n) is 2.00. The van der Waals surface area contributed by atoms with E-state index in [0.29, 0.717) is 15.6 Å². The second-order valence-corrected chi connectivity index (χ2v) is 5.27. The van der Waals surface area contributed by atoms with Crippen molar-refractivity contribution in [3.05, 3.63) is 69.7 Å². The van der Waals surface area contributed by atoms with Crippen molar-refractivity contribution in [2.45, 2.75) is 12.2 Å². The van der Waals surface area contributed by atoms with E-state index in [4.69, 9.17) is 27.9 Å². The van der Waals surface area contributed by atoms with E-state index in [1.807, 2.05) is 12.1 Å². The molecule has 0 saturated carbocycles. The normalized spacial score (nSPS) is 21.2. The molecule has 2 aromatic carbocycles. The highest BCUT2D eigenvalue weighted by Gasteiger charge is 2.46. The van der Waals surface area contributed by atoms with E-state index in [0.717, 1.165) is 5.56 Å². The summed E-state index contributed by atoms with van der Waals surface area (Å²) in [6.45, 7) is 0. The molecule has 0 N–H and O–H groups in total. The van der Waals surface area contributed by atoms with Crippen LogP contribution >= 0.6 is 23.2 Å². The lowest BCUT2D eigenvalue weighted by atomic mass is 10.0. The molecule has 1 fully saturated rings. The lowest BCUT2D eigenvalue weighted by molar-refractivity contribution is 0.0953. The maximum absolute atomic E-state index is 12.2. The van der Waals surface area contributed by atoms with Gasteiger partial charge in [-0.15, -0.1) is 0 Å². The Balaban J connectivity index is 1.74. The Kier molecular flexibility index (Phi) is 3.31. The summed E-state index contributed by atoms with van der Waals surface area (Å²) >= 11 is 11.6. The van der Waals surface area contributed by atoms with Crippen LogP contribution < -0.4 is 0 Å². The molecular formula is C15H10Cl2O2. The molecule has 2 atom stereocenters. The van der Waals surface area contributed by atoms with Gasteiger partial charge in [-0.05, 0) is 42.0 Å². The molecule has 19 heavy (non-hydrogen) atoms. The Morgan fingerprint density at radius 2 is 1.42 bits per heavy atom. The van der Waals surface area contributed by atoms with Crippen LogP contribution in [0.1, 0.15) is 22.0 Å². The first kappa shape index (κ1) is 12.7. The van der Waals surface area contributed by atoms with Gasteiger partial charge in [-0.25, -0.2) is 0 Å². The minimum atomic E-state index is -0.401. The highest BCUT2D eigenvalue weighted by atomic mass is 35.5. The van der Waals surface area contributed by atoms with Crippen LogP contribution in [0, 0.1) is 0 Å². The third kappa shape index (κ3) is 2.66. The number of hydrogen-bond acceptors (Lipinski definition) is 2. The quantitative estimate of drug-likeness (QED) is 0.623. The Bertz CT molecular complexity index is 605. The first-order valence-corrected chi connectivity index (χ1v) is 6.61. The number of ketones is 1. The third-order valence-corrected chi connectivity index (χ3v) is 3.58. The van der Waals surface area contributed by atoms with Gasteiger partial charge in [-0.1, -0.05) is 35.3 Å². The highest BCUT2D eigenvalue weighted by molar-refractivity contribution is 6.30. The zero-order chi connectivity index (χ0) is 13.4. The zero-order valence-electron chi connectivity index (χ0n) is 9.85. The maximum Gasteiger partial charge on any atom is 0.194 e. The molecule has 0 radical (unpaired) electrons. The molecule has 0 bridgehead atoms. The first-order valence-electron chi connectivity index (χ1n) is 5.86. The van der Waals surface area contributed by atoms with Gasteiger partial charge >= 0.3 is 0 Å². The molecule has 3 rings (SSSR count). The van der Waals surface area contributed by atoms with Gasteiger partial charge < -0.3 is 4.74 Å². The molecule has 1 aliphatic heterocycles. The highest BCUT2D eigenvalue weighted by Crippen LogP contribution is 2.40. The number of rotatable bonds is 3. The SMILES string of the molecule is O=C(c1ccc(Cl)cc1)C1OC1c1ccc(Cl)cc1. The van der Waals surface area contributed by atoms with Gasteiger partial charge in [0, 0.05) is 15.6 Å². The summed E-state index contributed by atoms with van der Waals surface area (Å²) in [5.74, 6) is -0.0170. The van der Waals surface area contributed by atoms with Gasteiger partial charge in [0.1, 0.15) is 6.10 Å². The number of carbonyl (C=O) groups is 1. The Hall–Kier alpha value is -1.35. The Labute approximate surface area is 120 Å². The van der Waals surface area contributed by atoms with Crippen molar-refractivity contribution in [2.24, 2.45) is 0 Å². The molecule has 2 unspecified atom stereocenters. The molecule has 1 aliphatic rings. The van der Waals surface area contributed by atoms with Crippen LogP contribution in [0.2, 0.25) is 10.0 Å². The van der Waals surface area contributed by atoms with Gasteiger partial charge in [0.15, 0.2) is 11.9 Å². The monoisotopic (exact) mass is 292 g/mol. The van der Waals surface area contributed by atoms with E-state index < -0.39 is 6.10 Å². The van der Waals surface area contributed by atoms with Gasteiger partial charge in [-0.3, -0.25) is 4.79 Å². The second kappa shape index (κ2) is 4.97. The van der Waals surface area contributed by atoms with Crippen LogP contribution in [0.15, 0.2) is 48.5 Å². The summed E-state index contributed by atoms with van der Waals surface area (Å²) in [6.07, 6.45) is -0.567. The molecule has 0 amide bonds. The average molecular weight is 293 g/mol. The van der Waals surface area contributed by atoms with Crippen molar-refractivity contribution >= 4 is 29.0 Å². The van der Waals surface area contributed by atoms with E-state index in [1.54, 1.807) is 36.4 Å². The summed E-state index contributed by atoms with van der Waals surface area (Å²) in [7, 11) is 0. The van der Waals surface area contributed by atoms with E-state index in [2.05, 4.69) is 0 Å². The van der Waals surface area contributed by atoms with Crippen molar-refractivity contribution in [3.8, 4) is 0 Å². The summed E-state index contributed by atoms with van der Waals surface area (Å²) in [5, 5.41) is 1.28. The predicted molar refractivity (Wildman–Crippen MR) is 74.8 cm³/mol. The number of carbonyl (C=O) groups excluding carboxylic acids is 1. The summed E-state index contributed by atoms with van der Waals surface area (Å²) in [4.78, 5) is 12.2. The summed E-state index contributed by atoms with van der Waals surface area (Å²) in [6, 6.07) is 14.2. The smallest absolute Gasteiger partial charge is 0.194 e. The Morgan fingerprint density at radius 1 is 0.895 bits per heavy atom. The molecule has 1 saturated heterocycles. The lowest BCUT2D eigenvalue weighted by Gasteiger charge is -1.98. The molecule has 2 nitrogen and oxygen atoms in total. The van der Waals surface area contributed by atoms with Gasteiger partial charge in [0.25, 0.3) is 0 Å². The van der Waals surface area contributed by atoms with E-state index in [-0.39, 0.29) is 11.9 Å². The summed E-state index contributed by atoms with van der Waals surface area (Å²) < 4.78 is 5.46. The first-order chi connectivity index (χ1) is 9.15. The van der Waals surface area contributed by atoms with Gasteiger partial charge in [0.2, 0.25) is 0 Å². The average Bonchev–Trinajstić information content (AvgIpc) is 3.20.